The maximum absolute atomic E-state index is 12.7. The minimum Gasteiger partial charge on any atom is -0.462 e. The Labute approximate surface area is 152 Å². The number of amides is 1. The average Bonchev–Trinajstić information content (AvgIpc) is 3.46. The lowest BCUT2D eigenvalue weighted by Crippen LogP contribution is -2.35. The van der Waals surface area contributed by atoms with Crippen LogP contribution in [0, 0.1) is 0 Å². The van der Waals surface area contributed by atoms with E-state index in [9.17, 15) is 4.79 Å². The van der Waals surface area contributed by atoms with E-state index in [1.54, 1.807) is 18.5 Å². The monoisotopic (exact) mass is 356 g/mol. The van der Waals surface area contributed by atoms with Crippen LogP contribution in [0.3, 0.4) is 0 Å². The lowest BCUT2D eigenvalue weighted by Gasteiger charge is -2.21. The molecule has 1 aliphatic heterocycles. The number of hydrogen-bond acceptors (Lipinski definition) is 6. The van der Waals surface area contributed by atoms with Crippen LogP contribution in [0.2, 0.25) is 0 Å². The quantitative estimate of drug-likeness (QED) is 0.879. The average molecular weight is 356 g/mol. The second-order valence-electron chi connectivity index (χ2n) is 7.05. The SMILES string of the molecule is O=C(c1cnc(C2CC2)nc1)N1CCCN(Cc2ccc(CO)o2)CC1. The van der Waals surface area contributed by atoms with Crippen molar-refractivity contribution >= 4 is 5.91 Å². The van der Waals surface area contributed by atoms with Crippen molar-refractivity contribution in [1.82, 2.24) is 19.8 Å². The van der Waals surface area contributed by atoms with Gasteiger partial charge in [0.15, 0.2) is 0 Å². The van der Waals surface area contributed by atoms with E-state index in [1.165, 1.54) is 0 Å². The summed E-state index contributed by atoms with van der Waals surface area (Å²) in [5.74, 6) is 2.80. The lowest BCUT2D eigenvalue weighted by molar-refractivity contribution is 0.0759. The smallest absolute Gasteiger partial charge is 0.257 e. The van der Waals surface area contributed by atoms with Gasteiger partial charge in [-0.05, 0) is 31.4 Å². The van der Waals surface area contributed by atoms with Crippen LogP contribution in [0.4, 0.5) is 0 Å². The summed E-state index contributed by atoms with van der Waals surface area (Å²) in [6, 6.07) is 3.70. The van der Waals surface area contributed by atoms with E-state index in [-0.39, 0.29) is 12.5 Å². The number of aromatic nitrogens is 2. The van der Waals surface area contributed by atoms with Gasteiger partial charge in [0.2, 0.25) is 0 Å². The second-order valence-corrected chi connectivity index (χ2v) is 7.05. The zero-order chi connectivity index (χ0) is 17.9. The minimum absolute atomic E-state index is 0.00904. The first-order valence-electron chi connectivity index (χ1n) is 9.25. The fourth-order valence-electron chi connectivity index (χ4n) is 3.33. The number of nitrogens with zero attached hydrogens (tertiary/aromatic N) is 4. The first-order chi connectivity index (χ1) is 12.7. The first kappa shape index (κ1) is 17.2. The summed E-state index contributed by atoms with van der Waals surface area (Å²) in [7, 11) is 0. The molecule has 2 aromatic rings. The van der Waals surface area contributed by atoms with Gasteiger partial charge in [0.25, 0.3) is 5.91 Å². The summed E-state index contributed by atoms with van der Waals surface area (Å²) in [4.78, 5) is 25.6. The Kier molecular flexibility index (Phi) is 4.99. The molecule has 0 unspecified atom stereocenters. The van der Waals surface area contributed by atoms with Crippen LogP contribution in [0.15, 0.2) is 28.9 Å². The van der Waals surface area contributed by atoms with Gasteiger partial charge in [-0.2, -0.15) is 0 Å². The molecule has 1 saturated carbocycles. The zero-order valence-corrected chi connectivity index (χ0v) is 14.8. The van der Waals surface area contributed by atoms with E-state index in [4.69, 9.17) is 9.52 Å². The minimum atomic E-state index is -0.0795. The molecule has 0 bridgehead atoms. The molecule has 2 aliphatic rings. The Balaban J connectivity index is 1.34. The van der Waals surface area contributed by atoms with Crippen molar-refractivity contribution in [2.24, 2.45) is 0 Å². The highest BCUT2D eigenvalue weighted by Gasteiger charge is 2.27. The van der Waals surface area contributed by atoms with Crippen LogP contribution in [0.5, 0.6) is 0 Å². The van der Waals surface area contributed by atoms with Crippen LogP contribution >= 0.6 is 0 Å². The first-order valence-corrected chi connectivity index (χ1v) is 9.25. The highest BCUT2D eigenvalue weighted by atomic mass is 16.4. The predicted octanol–water partition coefficient (Wildman–Crippen LogP) is 1.79. The molecule has 1 saturated heterocycles. The largest absolute Gasteiger partial charge is 0.462 e. The standard InChI is InChI=1S/C19H24N4O3/c24-13-17-5-4-16(26-17)12-22-6-1-7-23(9-8-22)19(25)15-10-20-18(21-11-15)14-2-3-14/h4-5,10-11,14,24H,1-3,6-9,12-13H2. The van der Waals surface area contributed by atoms with E-state index < -0.39 is 0 Å². The van der Waals surface area contributed by atoms with E-state index >= 15 is 0 Å². The van der Waals surface area contributed by atoms with E-state index in [0.717, 1.165) is 50.5 Å². The third-order valence-electron chi connectivity index (χ3n) is 4.99. The van der Waals surface area contributed by atoms with Gasteiger partial charge in [-0.15, -0.1) is 0 Å². The maximum atomic E-state index is 12.7. The fraction of sp³-hybridized carbons (Fsp3) is 0.526. The third-order valence-corrected chi connectivity index (χ3v) is 4.99. The molecule has 1 N–H and O–H groups in total. The Hall–Kier alpha value is -2.25. The number of hydrogen-bond donors (Lipinski definition) is 1. The van der Waals surface area contributed by atoms with Crippen molar-refractivity contribution in [2.75, 3.05) is 26.2 Å². The molecule has 2 aromatic heterocycles. The molecule has 1 aliphatic carbocycles. The van der Waals surface area contributed by atoms with Crippen molar-refractivity contribution in [3.8, 4) is 0 Å². The number of furan rings is 1. The fourth-order valence-corrected chi connectivity index (χ4v) is 3.33. The van der Waals surface area contributed by atoms with Crippen molar-refractivity contribution < 1.29 is 14.3 Å². The van der Waals surface area contributed by atoms with Crippen molar-refractivity contribution in [1.29, 1.82) is 0 Å². The molecule has 0 radical (unpaired) electrons. The summed E-state index contributed by atoms with van der Waals surface area (Å²) < 4.78 is 5.57. The number of aliphatic hydroxyl groups excluding tert-OH is 1. The van der Waals surface area contributed by atoms with Crippen LogP contribution in [0.25, 0.3) is 0 Å². The van der Waals surface area contributed by atoms with Crippen LogP contribution in [-0.2, 0) is 13.2 Å². The molecule has 3 heterocycles. The van der Waals surface area contributed by atoms with Gasteiger partial charge in [0, 0.05) is 44.5 Å². The number of carbonyl (C=O) groups is 1. The highest BCUT2D eigenvalue weighted by molar-refractivity contribution is 5.93. The molecular weight excluding hydrogens is 332 g/mol. The molecule has 0 atom stereocenters. The molecule has 4 rings (SSSR count). The lowest BCUT2D eigenvalue weighted by atomic mass is 10.2. The summed E-state index contributed by atoms with van der Waals surface area (Å²) in [5.41, 5.74) is 0.571. The number of carbonyl (C=O) groups excluding carboxylic acids is 1. The van der Waals surface area contributed by atoms with Crippen LogP contribution in [0.1, 0.15) is 52.9 Å². The van der Waals surface area contributed by atoms with Gasteiger partial charge >= 0.3 is 0 Å². The Morgan fingerprint density at radius 3 is 2.58 bits per heavy atom. The van der Waals surface area contributed by atoms with E-state index in [1.807, 2.05) is 11.0 Å². The molecule has 0 aromatic carbocycles. The summed E-state index contributed by atoms with van der Waals surface area (Å²) >= 11 is 0. The molecule has 2 fully saturated rings. The molecule has 7 nitrogen and oxygen atoms in total. The van der Waals surface area contributed by atoms with E-state index in [0.29, 0.717) is 30.3 Å². The van der Waals surface area contributed by atoms with Gasteiger partial charge < -0.3 is 14.4 Å². The molecule has 138 valence electrons. The Morgan fingerprint density at radius 2 is 1.88 bits per heavy atom. The van der Waals surface area contributed by atoms with Gasteiger partial charge in [0.1, 0.15) is 24.0 Å². The van der Waals surface area contributed by atoms with Crippen molar-refractivity contribution in [3.63, 3.8) is 0 Å². The Bertz CT molecular complexity index is 754. The van der Waals surface area contributed by atoms with Crippen molar-refractivity contribution in [3.05, 3.63) is 47.4 Å². The van der Waals surface area contributed by atoms with Gasteiger partial charge in [-0.1, -0.05) is 0 Å². The second kappa shape index (κ2) is 7.55. The van der Waals surface area contributed by atoms with Crippen molar-refractivity contribution in [2.45, 2.75) is 38.3 Å². The maximum Gasteiger partial charge on any atom is 0.257 e. The molecule has 1 amide bonds. The molecule has 0 spiro atoms. The van der Waals surface area contributed by atoms with E-state index in [2.05, 4.69) is 14.9 Å². The predicted molar refractivity (Wildman–Crippen MR) is 94.4 cm³/mol. The normalized spacial score (nSPS) is 18.7. The zero-order valence-electron chi connectivity index (χ0n) is 14.8. The molecule has 26 heavy (non-hydrogen) atoms. The summed E-state index contributed by atoms with van der Waals surface area (Å²) in [6.07, 6.45) is 6.57. The van der Waals surface area contributed by atoms with Crippen LogP contribution in [-0.4, -0.2) is 57.0 Å². The molecule has 7 heteroatoms. The van der Waals surface area contributed by atoms with Crippen LogP contribution < -0.4 is 0 Å². The number of aliphatic hydroxyl groups is 1. The van der Waals surface area contributed by atoms with Gasteiger partial charge in [-0.25, -0.2) is 9.97 Å². The highest BCUT2D eigenvalue weighted by Crippen LogP contribution is 2.37. The number of rotatable bonds is 5. The summed E-state index contributed by atoms with van der Waals surface area (Å²) in [5, 5.41) is 9.09. The third kappa shape index (κ3) is 3.94. The van der Waals surface area contributed by atoms with Gasteiger partial charge in [-0.3, -0.25) is 9.69 Å². The topological polar surface area (TPSA) is 82.7 Å². The Morgan fingerprint density at radius 1 is 1.12 bits per heavy atom. The summed E-state index contributed by atoms with van der Waals surface area (Å²) in [6.45, 7) is 3.74. The van der Waals surface area contributed by atoms with Gasteiger partial charge in [0.05, 0.1) is 12.1 Å². The molecular formula is C19H24N4O3.